The lowest BCUT2D eigenvalue weighted by Gasteiger charge is -2.27. The molecule has 0 radical (unpaired) electrons. The Morgan fingerprint density at radius 1 is 1.53 bits per heavy atom. The third-order valence-electron chi connectivity index (χ3n) is 2.92. The summed E-state index contributed by atoms with van der Waals surface area (Å²) in [6.07, 6.45) is 7.52. The zero-order valence-corrected chi connectivity index (χ0v) is 9.09. The summed E-state index contributed by atoms with van der Waals surface area (Å²) in [4.78, 5) is 0. The highest BCUT2D eigenvalue weighted by atomic mass is 16.5. The number of nitrogens with zero attached hydrogens (tertiary/aromatic N) is 2. The van der Waals surface area contributed by atoms with Crippen LogP contribution in [0.25, 0.3) is 0 Å². The average Bonchev–Trinajstić information content (AvgIpc) is 2.68. The van der Waals surface area contributed by atoms with Gasteiger partial charge in [-0.2, -0.15) is 5.10 Å². The van der Waals surface area contributed by atoms with Gasteiger partial charge in [-0.3, -0.25) is 4.68 Å². The predicted molar refractivity (Wildman–Crippen MR) is 56.9 cm³/mol. The van der Waals surface area contributed by atoms with Gasteiger partial charge in [0.25, 0.3) is 0 Å². The van der Waals surface area contributed by atoms with Crippen LogP contribution in [-0.2, 0) is 0 Å². The number of aliphatic hydroxyl groups excluding tert-OH is 1. The molecular weight excluding hydrogens is 192 g/mol. The highest BCUT2D eigenvalue weighted by Crippen LogP contribution is 2.29. The van der Waals surface area contributed by atoms with Gasteiger partial charge in [0, 0.05) is 0 Å². The molecule has 1 fully saturated rings. The summed E-state index contributed by atoms with van der Waals surface area (Å²) in [5.74, 6) is 0.787. The van der Waals surface area contributed by atoms with Crippen LogP contribution < -0.4 is 4.74 Å². The molecule has 1 aliphatic rings. The molecule has 0 aromatic carbocycles. The molecule has 84 valence electrons. The van der Waals surface area contributed by atoms with Crippen molar-refractivity contribution >= 4 is 0 Å². The zero-order valence-electron chi connectivity index (χ0n) is 9.09. The van der Waals surface area contributed by atoms with Gasteiger partial charge in [0.15, 0.2) is 5.75 Å². The van der Waals surface area contributed by atoms with Gasteiger partial charge in [-0.25, -0.2) is 0 Å². The molecule has 2 unspecified atom stereocenters. The van der Waals surface area contributed by atoms with Crippen LogP contribution in [0.15, 0.2) is 12.4 Å². The molecule has 4 nitrogen and oxygen atoms in total. The van der Waals surface area contributed by atoms with E-state index >= 15 is 0 Å². The first-order chi connectivity index (χ1) is 7.31. The minimum absolute atomic E-state index is 0.132. The second-order valence-corrected chi connectivity index (χ2v) is 4.01. The van der Waals surface area contributed by atoms with Gasteiger partial charge >= 0.3 is 0 Å². The molecule has 1 aliphatic carbocycles. The SMILES string of the molecule is CCOc1cnn(C2CCCCC2O)c1. The fourth-order valence-electron chi connectivity index (χ4n) is 2.14. The van der Waals surface area contributed by atoms with Gasteiger partial charge in [-0.05, 0) is 19.8 Å². The van der Waals surface area contributed by atoms with E-state index < -0.39 is 0 Å². The Balaban J connectivity index is 2.06. The first kappa shape index (κ1) is 10.5. The van der Waals surface area contributed by atoms with Crippen LogP contribution in [0.5, 0.6) is 5.75 Å². The zero-order chi connectivity index (χ0) is 10.7. The minimum atomic E-state index is -0.256. The number of aliphatic hydroxyl groups is 1. The Morgan fingerprint density at radius 3 is 3.07 bits per heavy atom. The van der Waals surface area contributed by atoms with Crippen molar-refractivity contribution in [2.45, 2.75) is 44.8 Å². The quantitative estimate of drug-likeness (QED) is 0.827. The van der Waals surface area contributed by atoms with E-state index in [-0.39, 0.29) is 12.1 Å². The summed E-state index contributed by atoms with van der Waals surface area (Å²) in [5, 5.41) is 14.1. The van der Waals surface area contributed by atoms with Crippen LogP contribution >= 0.6 is 0 Å². The fourth-order valence-corrected chi connectivity index (χ4v) is 2.14. The molecule has 1 aromatic heterocycles. The topological polar surface area (TPSA) is 47.3 Å². The van der Waals surface area contributed by atoms with Crippen molar-refractivity contribution in [3.8, 4) is 5.75 Å². The number of ether oxygens (including phenoxy) is 1. The van der Waals surface area contributed by atoms with E-state index in [2.05, 4.69) is 5.10 Å². The second kappa shape index (κ2) is 4.66. The maximum atomic E-state index is 9.86. The Labute approximate surface area is 89.9 Å². The van der Waals surface area contributed by atoms with E-state index in [0.717, 1.165) is 25.0 Å². The first-order valence-corrected chi connectivity index (χ1v) is 5.66. The molecule has 0 amide bonds. The lowest BCUT2D eigenvalue weighted by molar-refractivity contribution is 0.0693. The average molecular weight is 210 g/mol. The Kier molecular flexibility index (Phi) is 3.26. The van der Waals surface area contributed by atoms with Crippen LogP contribution in [0.1, 0.15) is 38.6 Å². The smallest absolute Gasteiger partial charge is 0.157 e. The van der Waals surface area contributed by atoms with Crippen molar-refractivity contribution in [2.75, 3.05) is 6.61 Å². The molecule has 0 aliphatic heterocycles. The summed E-state index contributed by atoms with van der Waals surface area (Å²) in [6, 6.07) is 0.132. The van der Waals surface area contributed by atoms with Gasteiger partial charge in [0.05, 0.1) is 31.1 Å². The van der Waals surface area contributed by atoms with E-state index in [9.17, 15) is 5.11 Å². The maximum Gasteiger partial charge on any atom is 0.157 e. The highest BCUT2D eigenvalue weighted by molar-refractivity contribution is 5.12. The van der Waals surface area contributed by atoms with Gasteiger partial charge in [0.1, 0.15) is 0 Å². The molecule has 1 saturated carbocycles. The molecule has 15 heavy (non-hydrogen) atoms. The Hall–Kier alpha value is -1.03. The summed E-state index contributed by atoms with van der Waals surface area (Å²) < 4.78 is 7.19. The van der Waals surface area contributed by atoms with Crippen LogP contribution in [0.2, 0.25) is 0 Å². The second-order valence-electron chi connectivity index (χ2n) is 4.01. The predicted octanol–water partition coefficient (Wildman–Crippen LogP) is 1.76. The number of hydrogen-bond acceptors (Lipinski definition) is 3. The van der Waals surface area contributed by atoms with E-state index in [0.29, 0.717) is 6.61 Å². The van der Waals surface area contributed by atoms with Crippen molar-refractivity contribution in [2.24, 2.45) is 0 Å². The van der Waals surface area contributed by atoms with E-state index in [1.165, 1.54) is 6.42 Å². The minimum Gasteiger partial charge on any atom is -0.491 e. The summed E-state index contributed by atoms with van der Waals surface area (Å²) in [7, 11) is 0. The van der Waals surface area contributed by atoms with Gasteiger partial charge in [-0.1, -0.05) is 12.8 Å². The summed E-state index contributed by atoms with van der Waals surface area (Å²) in [6.45, 7) is 2.60. The normalized spacial score (nSPS) is 26.5. The monoisotopic (exact) mass is 210 g/mol. The van der Waals surface area contributed by atoms with Crippen LogP contribution in [0.4, 0.5) is 0 Å². The lowest BCUT2D eigenvalue weighted by atomic mass is 9.93. The van der Waals surface area contributed by atoms with E-state index in [1.807, 2.05) is 17.8 Å². The number of rotatable bonds is 3. The molecule has 0 spiro atoms. The first-order valence-electron chi connectivity index (χ1n) is 5.66. The van der Waals surface area contributed by atoms with Crippen molar-refractivity contribution in [3.05, 3.63) is 12.4 Å². The lowest BCUT2D eigenvalue weighted by Crippen LogP contribution is -2.27. The van der Waals surface area contributed by atoms with Gasteiger partial charge in [-0.15, -0.1) is 0 Å². The van der Waals surface area contributed by atoms with Crippen LogP contribution in [0, 0.1) is 0 Å². The van der Waals surface area contributed by atoms with Crippen molar-refractivity contribution < 1.29 is 9.84 Å². The molecule has 1 heterocycles. The van der Waals surface area contributed by atoms with E-state index in [1.54, 1.807) is 6.20 Å². The van der Waals surface area contributed by atoms with Crippen molar-refractivity contribution in [3.63, 3.8) is 0 Å². The molecular formula is C11H18N2O2. The van der Waals surface area contributed by atoms with Crippen LogP contribution in [-0.4, -0.2) is 27.6 Å². The molecule has 2 rings (SSSR count). The molecule has 4 heteroatoms. The Bertz CT molecular complexity index is 311. The molecule has 1 aromatic rings. The maximum absolute atomic E-state index is 9.86. The number of aromatic nitrogens is 2. The van der Waals surface area contributed by atoms with E-state index in [4.69, 9.17) is 4.74 Å². The molecule has 1 N–H and O–H groups in total. The fraction of sp³-hybridized carbons (Fsp3) is 0.727. The largest absolute Gasteiger partial charge is 0.491 e. The third-order valence-corrected chi connectivity index (χ3v) is 2.92. The Morgan fingerprint density at radius 2 is 2.33 bits per heavy atom. The summed E-state index contributed by atoms with van der Waals surface area (Å²) >= 11 is 0. The van der Waals surface area contributed by atoms with Gasteiger partial charge < -0.3 is 9.84 Å². The molecule has 2 atom stereocenters. The third kappa shape index (κ3) is 2.31. The van der Waals surface area contributed by atoms with Gasteiger partial charge in [0.2, 0.25) is 0 Å². The van der Waals surface area contributed by atoms with Crippen LogP contribution in [0.3, 0.4) is 0 Å². The highest BCUT2D eigenvalue weighted by Gasteiger charge is 2.25. The standard InChI is InChI=1S/C11H18N2O2/c1-2-15-9-7-12-13(8-9)10-5-3-4-6-11(10)14/h7-8,10-11,14H,2-6H2,1H3. The summed E-state index contributed by atoms with van der Waals surface area (Å²) in [5.41, 5.74) is 0. The molecule has 0 saturated heterocycles. The van der Waals surface area contributed by atoms with Crippen molar-refractivity contribution in [1.29, 1.82) is 0 Å². The number of hydrogen-bond donors (Lipinski definition) is 1. The van der Waals surface area contributed by atoms with Crippen molar-refractivity contribution in [1.82, 2.24) is 9.78 Å². The molecule has 0 bridgehead atoms.